The van der Waals surface area contributed by atoms with Crippen molar-refractivity contribution in [1.29, 1.82) is 0 Å². The van der Waals surface area contributed by atoms with Crippen molar-refractivity contribution >= 4 is 5.91 Å². The van der Waals surface area contributed by atoms with Crippen LogP contribution in [0.4, 0.5) is 0 Å². The Bertz CT molecular complexity index is 510. The zero-order chi connectivity index (χ0) is 15.5. The van der Waals surface area contributed by atoms with Gasteiger partial charge in [-0.3, -0.25) is 4.79 Å². The van der Waals surface area contributed by atoms with Crippen LogP contribution >= 0.6 is 0 Å². The largest absolute Gasteiger partial charge is 0.490 e. The molecule has 1 fully saturated rings. The van der Waals surface area contributed by atoms with Crippen molar-refractivity contribution in [2.45, 2.75) is 32.7 Å². The lowest BCUT2D eigenvalue weighted by atomic mass is 9.88. The lowest BCUT2D eigenvalue weighted by Gasteiger charge is -2.47. The SMILES string of the molecule is CCOc1ccc(C(=O)N2CC(N)(CC)C2)cc1OCC. The van der Waals surface area contributed by atoms with Gasteiger partial charge in [0.15, 0.2) is 11.5 Å². The van der Waals surface area contributed by atoms with Gasteiger partial charge in [-0.1, -0.05) is 6.92 Å². The Balaban J connectivity index is 2.13. The Kier molecular flexibility index (Phi) is 4.73. The molecule has 2 N–H and O–H groups in total. The lowest BCUT2D eigenvalue weighted by Crippen LogP contribution is -2.68. The van der Waals surface area contributed by atoms with Crippen LogP contribution in [0, 0.1) is 0 Å². The maximum absolute atomic E-state index is 12.4. The van der Waals surface area contributed by atoms with Crippen molar-refractivity contribution in [3.63, 3.8) is 0 Å². The molecule has 1 aliphatic rings. The third-order valence-corrected chi connectivity index (χ3v) is 3.79. The molecule has 0 saturated carbocycles. The van der Waals surface area contributed by atoms with Crippen LogP contribution in [0.25, 0.3) is 0 Å². The first-order valence-corrected chi connectivity index (χ1v) is 7.50. The van der Waals surface area contributed by atoms with Crippen molar-refractivity contribution in [3.05, 3.63) is 23.8 Å². The standard InChI is InChI=1S/C16H24N2O3/c1-4-16(17)10-18(11-16)15(19)12-7-8-13(20-5-2)14(9-12)21-6-3/h7-9H,4-6,10-11,17H2,1-3H3. The van der Waals surface area contributed by atoms with Crippen molar-refractivity contribution in [2.24, 2.45) is 5.73 Å². The van der Waals surface area contributed by atoms with Gasteiger partial charge in [0.25, 0.3) is 5.91 Å². The van der Waals surface area contributed by atoms with E-state index in [4.69, 9.17) is 15.2 Å². The summed E-state index contributed by atoms with van der Waals surface area (Å²) in [4.78, 5) is 14.2. The summed E-state index contributed by atoms with van der Waals surface area (Å²) < 4.78 is 11.1. The van der Waals surface area contributed by atoms with E-state index in [1.54, 1.807) is 23.1 Å². The van der Waals surface area contributed by atoms with E-state index in [2.05, 4.69) is 0 Å². The van der Waals surface area contributed by atoms with E-state index >= 15 is 0 Å². The lowest BCUT2D eigenvalue weighted by molar-refractivity contribution is 0.0401. The van der Waals surface area contributed by atoms with Crippen molar-refractivity contribution in [2.75, 3.05) is 26.3 Å². The summed E-state index contributed by atoms with van der Waals surface area (Å²) in [6, 6.07) is 5.31. The molecule has 1 amide bonds. The van der Waals surface area contributed by atoms with Gasteiger partial charge in [0.1, 0.15) is 0 Å². The molecular weight excluding hydrogens is 268 g/mol. The van der Waals surface area contributed by atoms with Crippen LogP contribution < -0.4 is 15.2 Å². The van der Waals surface area contributed by atoms with Gasteiger partial charge >= 0.3 is 0 Å². The van der Waals surface area contributed by atoms with Crippen LogP contribution in [0.15, 0.2) is 18.2 Å². The monoisotopic (exact) mass is 292 g/mol. The first kappa shape index (κ1) is 15.6. The minimum Gasteiger partial charge on any atom is -0.490 e. The molecule has 1 aromatic rings. The Morgan fingerprint density at radius 1 is 1.19 bits per heavy atom. The van der Waals surface area contributed by atoms with E-state index in [0.717, 1.165) is 6.42 Å². The molecule has 0 unspecified atom stereocenters. The van der Waals surface area contributed by atoms with Gasteiger partial charge < -0.3 is 20.1 Å². The van der Waals surface area contributed by atoms with E-state index < -0.39 is 0 Å². The fraction of sp³-hybridized carbons (Fsp3) is 0.562. The van der Waals surface area contributed by atoms with E-state index in [-0.39, 0.29) is 11.4 Å². The number of benzene rings is 1. The number of nitrogens with zero attached hydrogens (tertiary/aromatic N) is 1. The maximum Gasteiger partial charge on any atom is 0.254 e. The molecule has 0 radical (unpaired) electrons. The Morgan fingerprint density at radius 2 is 1.81 bits per heavy atom. The molecule has 21 heavy (non-hydrogen) atoms. The van der Waals surface area contributed by atoms with Crippen LogP contribution in [0.1, 0.15) is 37.6 Å². The summed E-state index contributed by atoms with van der Waals surface area (Å²) in [5, 5.41) is 0. The second-order valence-electron chi connectivity index (χ2n) is 5.40. The summed E-state index contributed by atoms with van der Waals surface area (Å²) in [7, 11) is 0. The van der Waals surface area contributed by atoms with Crippen LogP contribution in [0.2, 0.25) is 0 Å². The Morgan fingerprint density at radius 3 is 2.38 bits per heavy atom. The van der Waals surface area contributed by atoms with Crippen LogP contribution in [0.3, 0.4) is 0 Å². The normalized spacial score (nSPS) is 16.3. The highest BCUT2D eigenvalue weighted by Gasteiger charge is 2.40. The molecule has 1 aromatic carbocycles. The second kappa shape index (κ2) is 6.35. The number of rotatable bonds is 6. The first-order chi connectivity index (χ1) is 10.0. The summed E-state index contributed by atoms with van der Waals surface area (Å²) in [5.74, 6) is 1.27. The predicted molar refractivity (Wildman–Crippen MR) is 81.9 cm³/mol. The van der Waals surface area contributed by atoms with Gasteiger partial charge in [-0.2, -0.15) is 0 Å². The number of amides is 1. The zero-order valence-electron chi connectivity index (χ0n) is 13.0. The molecule has 1 heterocycles. The number of hydrogen-bond acceptors (Lipinski definition) is 4. The molecule has 0 bridgehead atoms. The third-order valence-electron chi connectivity index (χ3n) is 3.79. The van der Waals surface area contributed by atoms with E-state index in [1.165, 1.54) is 0 Å². The molecule has 1 saturated heterocycles. The fourth-order valence-corrected chi connectivity index (χ4v) is 2.45. The quantitative estimate of drug-likeness (QED) is 0.871. The third kappa shape index (κ3) is 3.29. The van der Waals surface area contributed by atoms with Crippen LogP contribution in [-0.2, 0) is 0 Å². The Labute approximate surface area is 126 Å². The van der Waals surface area contributed by atoms with Crippen LogP contribution in [-0.4, -0.2) is 42.6 Å². The second-order valence-corrected chi connectivity index (χ2v) is 5.40. The molecule has 5 nitrogen and oxygen atoms in total. The molecule has 2 rings (SSSR count). The molecule has 0 aromatic heterocycles. The predicted octanol–water partition coefficient (Wildman–Crippen LogP) is 2.05. The number of ether oxygens (including phenoxy) is 2. The van der Waals surface area contributed by atoms with Gasteiger partial charge in [0.2, 0.25) is 0 Å². The number of carbonyl (C=O) groups excluding carboxylic acids is 1. The van der Waals surface area contributed by atoms with Gasteiger partial charge in [-0.25, -0.2) is 0 Å². The summed E-state index contributed by atoms with van der Waals surface area (Å²) in [6.07, 6.45) is 0.879. The smallest absolute Gasteiger partial charge is 0.254 e. The zero-order valence-corrected chi connectivity index (χ0v) is 13.0. The number of hydrogen-bond donors (Lipinski definition) is 1. The molecule has 116 valence electrons. The average Bonchev–Trinajstić information content (AvgIpc) is 2.45. The first-order valence-electron chi connectivity index (χ1n) is 7.50. The van der Waals surface area contributed by atoms with E-state index in [9.17, 15) is 4.79 Å². The molecular formula is C16H24N2O3. The number of carbonyl (C=O) groups is 1. The summed E-state index contributed by atoms with van der Waals surface area (Å²) >= 11 is 0. The van der Waals surface area contributed by atoms with Crippen molar-refractivity contribution in [3.8, 4) is 11.5 Å². The van der Waals surface area contributed by atoms with E-state index in [1.807, 2.05) is 20.8 Å². The van der Waals surface area contributed by atoms with Gasteiger partial charge in [-0.15, -0.1) is 0 Å². The summed E-state index contributed by atoms with van der Waals surface area (Å²) in [5.41, 5.74) is 6.50. The van der Waals surface area contributed by atoms with E-state index in [0.29, 0.717) is 43.4 Å². The topological polar surface area (TPSA) is 64.8 Å². The van der Waals surface area contributed by atoms with Crippen molar-refractivity contribution < 1.29 is 14.3 Å². The molecule has 0 atom stereocenters. The van der Waals surface area contributed by atoms with Gasteiger partial charge in [0, 0.05) is 18.7 Å². The molecule has 1 aliphatic heterocycles. The minimum atomic E-state index is -0.219. The molecule has 5 heteroatoms. The van der Waals surface area contributed by atoms with Gasteiger partial charge in [0.05, 0.1) is 18.8 Å². The highest BCUT2D eigenvalue weighted by Crippen LogP contribution is 2.30. The van der Waals surface area contributed by atoms with Crippen molar-refractivity contribution in [1.82, 2.24) is 4.90 Å². The summed E-state index contributed by atoms with van der Waals surface area (Å²) in [6.45, 7) is 8.18. The average molecular weight is 292 g/mol. The highest BCUT2D eigenvalue weighted by molar-refractivity contribution is 5.95. The molecule has 0 aliphatic carbocycles. The fourth-order valence-electron chi connectivity index (χ4n) is 2.45. The minimum absolute atomic E-state index is 0.00599. The number of likely N-dealkylation sites (tertiary alicyclic amines) is 1. The molecule has 0 spiro atoms. The van der Waals surface area contributed by atoms with Crippen LogP contribution in [0.5, 0.6) is 11.5 Å². The number of nitrogens with two attached hydrogens (primary N) is 1. The Hall–Kier alpha value is -1.75. The van der Waals surface area contributed by atoms with Gasteiger partial charge in [-0.05, 0) is 38.5 Å². The maximum atomic E-state index is 12.4. The highest BCUT2D eigenvalue weighted by atomic mass is 16.5.